The van der Waals surface area contributed by atoms with E-state index < -0.39 is 0 Å². The number of nitrogens with one attached hydrogen (secondary N) is 1. The molecule has 0 saturated heterocycles. The summed E-state index contributed by atoms with van der Waals surface area (Å²) in [6.45, 7) is 9.39. The molecule has 3 rings (SSSR count). The van der Waals surface area contributed by atoms with E-state index in [0.717, 1.165) is 33.5 Å². The zero-order valence-electron chi connectivity index (χ0n) is 20.2. The molecule has 1 saturated carbocycles. The van der Waals surface area contributed by atoms with Crippen molar-refractivity contribution in [2.45, 2.75) is 71.9 Å². The number of nitrogens with zero attached hydrogens (tertiary/aromatic N) is 2. The first-order valence-electron chi connectivity index (χ1n) is 11.5. The Morgan fingerprint density at radius 1 is 1.16 bits per heavy atom. The fourth-order valence-electron chi connectivity index (χ4n) is 5.05. The van der Waals surface area contributed by atoms with Gasteiger partial charge in [-0.25, -0.2) is 0 Å². The molecule has 2 aliphatic rings. The van der Waals surface area contributed by atoms with Gasteiger partial charge < -0.3 is 15.1 Å². The van der Waals surface area contributed by atoms with Crippen LogP contribution in [0.3, 0.4) is 0 Å². The highest BCUT2D eigenvalue weighted by atomic mass is 79.9. The number of hydrogen-bond acceptors (Lipinski definition) is 5. The molecule has 0 aromatic carbocycles. The van der Waals surface area contributed by atoms with Crippen LogP contribution in [0.2, 0.25) is 0 Å². The Balaban J connectivity index is 1.73. The lowest BCUT2D eigenvalue weighted by atomic mass is 9.89. The lowest BCUT2D eigenvalue weighted by Gasteiger charge is -2.39. The van der Waals surface area contributed by atoms with Crippen molar-refractivity contribution in [3.05, 3.63) is 37.7 Å². The van der Waals surface area contributed by atoms with Gasteiger partial charge in [-0.2, -0.15) is 0 Å². The second-order valence-corrected chi connectivity index (χ2v) is 11.7. The normalized spacial score (nSPS) is 21.8. The third-order valence-corrected chi connectivity index (χ3v) is 8.90. The van der Waals surface area contributed by atoms with Gasteiger partial charge in [0.15, 0.2) is 5.78 Å². The molecular formula is C25H36BrN3O2S. The highest BCUT2D eigenvalue weighted by molar-refractivity contribution is 9.11. The van der Waals surface area contributed by atoms with Crippen molar-refractivity contribution < 1.29 is 9.59 Å². The Labute approximate surface area is 205 Å². The van der Waals surface area contributed by atoms with Crippen LogP contribution < -0.4 is 10.2 Å². The number of hydrogen-bond donors (Lipinski definition) is 1. The van der Waals surface area contributed by atoms with Gasteiger partial charge in [0.25, 0.3) is 5.91 Å². The number of amides is 1. The number of ketones is 1. The van der Waals surface area contributed by atoms with Crippen molar-refractivity contribution >= 4 is 44.0 Å². The maximum atomic E-state index is 13.1. The van der Waals surface area contributed by atoms with Gasteiger partial charge in [0.05, 0.1) is 14.4 Å². The van der Waals surface area contributed by atoms with Crippen LogP contribution >= 0.6 is 27.3 Å². The summed E-state index contributed by atoms with van der Waals surface area (Å²) in [6.07, 6.45) is 7.25. The first-order chi connectivity index (χ1) is 15.1. The highest BCUT2D eigenvalue weighted by Gasteiger charge is 2.30. The monoisotopic (exact) mass is 521 g/mol. The molecule has 2 aliphatic carbocycles. The molecule has 0 unspecified atom stereocenters. The second kappa shape index (κ2) is 10.7. The van der Waals surface area contributed by atoms with Gasteiger partial charge in [0.1, 0.15) is 0 Å². The third kappa shape index (κ3) is 5.37. The van der Waals surface area contributed by atoms with E-state index in [9.17, 15) is 9.59 Å². The molecule has 1 fully saturated rings. The molecule has 32 heavy (non-hydrogen) atoms. The number of rotatable bonds is 7. The molecule has 1 aromatic heterocycles. The zero-order valence-corrected chi connectivity index (χ0v) is 22.6. The summed E-state index contributed by atoms with van der Waals surface area (Å²) in [5.41, 5.74) is 4.54. The van der Waals surface area contributed by atoms with E-state index in [0.29, 0.717) is 23.2 Å². The molecule has 7 heteroatoms. The number of carbonyl (C=O) groups is 2. The fourth-order valence-corrected chi connectivity index (χ4v) is 7.15. The van der Waals surface area contributed by atoms with Gasteiger partial charge in [-0.15, -0.1) is 11.3 Å². The molecule has 0 aliphatic heterocycles. The van der Waals surface area contributed by atoms with Crippen molar-refractivity contribution in [1.29, 1.82) is 0 Å². The summed E-state index contributed by atoms with van der Waals surface area (Å²) in [6, 6.07) is 1.18. The average Bonchev–Trinajstić information content (AvgIpc) is 3.02. The van der Waals surface area contributed by atoms with Gasteiger partial charge in [-0.3, -0.25) is 9.59 Å². The van der Waals surface area contributed by atoms with Crippen molar-refractivity contribution in [3.63, 3.8) is 0 Å². The number of allylic oxidation sites excluding steroid dienone is 3. The van der Waals surface area contributed by atoms with Crippen molar-refractivity contribution in [2.24, 2.45) is 0 Å². The molecule has 0 spiro atoms. The van der Waals surface area contributed by atoms with E-state index in [4.69, 9.17) is 0 Å². The van der Waals surface area contributed by atoms with E-state index >= 15 is 0 Å². The predicted molar refractivity (Wildman–Crippen MR) is 138 cm³/mol. The Bertz CT molecular complexity index is 939. The molecule has 0 radical (unpaired) electrons. The standard InChI is InChI=1S/C25H36BrN3O2S/c1-7-29(19-10-8-18(9-11-19)28(5)6)25-17(4)22(23(26)32-25)24(31)27-14-20-16(3)12-15(2)13-21(20)30/h13,18-19H,7-12,14H2,1-6H3,(H,27,31). The Kier molecular flexibility index (Phi) is 8.39. The summed E-state index contributed by atoms with van der Waals surface area (Å²) >= 11 is 5.30. The first kappa shape index (κ1) is 25.2. The van der Waals surface area contributed by atoms with Crippen LogP contribution in [-0.2, 0) is 4.79 Å². The third-order valence-electron chi connectivity index (χ3n) is 6.90. The van der Waals surface area contributed by atoms with Gasteiger partial charge in [0, 0.05) is 30.7 Å². The highest BCUT2D eigenvalue weighted by Crippen LogP contribution is 2.41. The van der Waals surface area contributed by atoms with Crippen LogP contribution in [0.5, 0.6) is 0 Å². The van der Waals surface area contributed by atoms with Crippen LogP contribution in [-0.4, -0.2) is 55.9 Å². The van der Waals surface area contributed by atoms with Gasteiger partial charge >= 0.3 is 0 Å². The van der Waals surface area contributed by atoms with Crippen LogP contribution in [0.1, 0.15) is 68.8 Å². The summed E-state index contributed by atoms with van der Waals surface area (Å²) in [4.78, 5) is 30.3. The average molecular weight is 523 g/mol. The van der Waals surface area contributed by atoms with Crippen molar-refractivity contribution in [2.75, 3.05) is 32.1 Å². The smallest absolute Gasteiger partial charge is 0.253 e. The Morgan fingerprint density at radius 3 is 2.34 bits per heavy atom. The van der Waals surface area contributed by atoms with Crippen molar-refractivity contribution in [3.8, 4) is 0 Å². The van der Waals surface area contributed by atoms with Crippen LogP contribution in [0.25, 0.3) is 0 Å². The summed E-state index contributed by atoms with van der Waals surface area (Å²) in [5.74, 6) is -0.109. The molecule has 0 atom stereocenters. The summed E-state index contributed by atoms with van der Waals surface area (Å²) in [7, 11) is 4.34. The van der Waals surface area contributed by atoms with Gasteiger partial charge in [-0.1, -0.05) is 11.1 Å². The maximum absolute atomic E-state index is 13.1. The van der Waals surface area contributed by atoms with Crippen LogP contribution in [0.4, 0.5) is 5.00 Å². The van der Waals surface area contributed by atoms with Crippen LogP contribution in [0.15, 0.2) is 26.6 Å². The Morgan fingerprint density at radius 2 is 1.78 bits per heavy atom. The zero-order chi connectivity index (χ0) is 23.6. The molecule has 1 heterocycles. The molecule has 1 N–H and O–H groups in total. The predicted octanol–water partition coefficient (Wildman–Crippen LogP) is 5.48. The summed E-state index contributed by atoms with van der Waals surface area (Å²) < 4.78 is 0.860. The minimum absolute atomic E-state index is 0.0128. The number of halogens is 1. The minimum Gasteiger partial charge on any atom is -0.360 e. The SMILES string of the molecule is CCN(c1sc(Br)c(C(=O)NCC2=C(C)CC(C)=CC2=O)c1C)C1CCC(N(C)C)CC1. The lowest BCUT2D eigenvalue weighted by molar-refractivity contribution is -0.111. The molecule has 176 valence electrons. The number of carbonyl (C=O) groups excluding carboxylic acids is 2. The summed E-state index contributed by atoms with van der Waals surface area (Å²) in [5, 5.41) is 4.18. The van der Waals surface area contributed by atoms with Crippen molar-refractivity contribution in [1.82, 2.24) is 10.2 Å². The van der Waals surface area contributed by atoms with Gasteiger partial charge in [0.2, 0.25) is 0 Å². The second-order valence-electron chi connectivity index (χ2n) is 9.37. The Hall–Kier alpha value is -1.44. The van der Waals surface area contributed by atoms with Gasteiger partial charge in [-0.05, 0) is 101 Å². The van der Waals surface area contributed by atoms with E-state index in [1.165, 1.54) is 30.7 Å². The largest absolute Gasteiger partial charge is 0.360 e. The quantitative estimate of drug-likeness (QED) is 0.515. The molecular weight excluding hydrogens is 486 g/mol. The van der Waals surface area contributed by atoms with E-state index in [-0.39, 0.29) is 18.2 Å². The fraction of sp³-hybridized carbons (Fsp3) is 0.600. The lowest BCUT2D eigenvalue weighted by Crippen LogP contribution is -2.42. The number of anilines is 1. The first-order valence-corrected chi connectivity index (χ1v) is 13.1. The molecule has 1 aromatic rings. The van der Waals surface area contributed by atoms with Crippen LogP contribution in [0, 0.1) is 6.92 Å². The van der Waals surface area contributed by atoms with E-state index in [1.54, 1.807) is 17.4 Å². The maximum Gasteiger partial charge on any atom is 0.253 e. The molecule has 5 nitrogen and oxygen atoms in total. The molecule has 1 amide bonds. The van der Waals surface area contributed by atoms with E-state index in [1.807, 2.05) is 20.8 Å². The topological polar surface area (TPSA) is 52.7 Å². The number of thiophene rings is 1. The van der Waals surface area contributed by atoms with E-state index in [2.05, 4.69) is 52.1 Å². The molecule has 0 bridgehead atoms. The minimum atomic E-state index is -0.122.